The summed E-state index contributed by atoms with van der Waals surface area (Å²) in [6.07, 6.45) is 2.02. The minimum absolute atomic E-state index is 0.0871. The van der Waals surface area contributed by atoms with Crippen LogP contribution in [0.1, 0.15) is 52.5 Å². The number of nitrogens with zero attached hydrogens (tertiary/aromatic N) is 2. The Morgan fingerprint density at radius 2 is 1.69 bits per heavy atom. The van der Waals surface area contributed by atoms with E-state index in [0.29, 0.717) is 61.1 Å². The van der Waals surface area contributed by atoms with Gasteiger partial charge in [0, 0.05) is 6.42 Å². The van der Waals surface area contributed by atoms with E-state index >= 15 is 0 Å². The lowest BCUT2D eigenvalue weighted by atomic mass is 10.0. The van der Waals surface area contributed by atoms with Gasteiger partial charge in [0.1, 0.15) is 12.4 Å². The normalized spacial score (nSPS) is 11.6. The summed E-state index contributed by atoms with van der Waals surface area (Å²) in [6.45, 7) is 1.04. The maximum atomic E-state index is 13.2. The fraction of sp³-hybridized carbons (Fsp3) is 0.290. The summed E-state index contributed by atoms with van der Waals surface area (Å²) >= 11 is 12.0. The molecular weight excluding hydrogens is 579 g/mol. The molecule has 0 saturated carbocycles. The molecule has 0 fully saturated rings. The number of ketones is 1. The van der Waals surface area contributed by atoms with Crippen LogP contribution in [0.15, 0.2) is 77.3 Å². The Morgan fingerprint density at radius 3 is 2.43 bits per heavy atom. The number of amides is 1. The van der Waals surface area contributed by atoms with Gasteiger partial charge < -0.3 is 25.0 Å². The SMILES string of the molecule is NCCCC[C@H](NC(=O)OCc1ccccc1)C(=O)c1noc(Cc2ccc(OCCc3ccc(Cl)c(Cl)c3)cc2)n1. The van der Waals surface area contributed by atoms with Crippen LogP contribution in [0.25, 0.3) is 0 Å². The molecule has 4 aromatic rings. The number of carbonyl (C=O) groups is 2. The molecule has 1 amide bonds. The number of benzene rings is 3. The number of alkyl carbamates (subject to hydrolysis) is 1. The first kappa shape index (κ1) is 31.0. The van der Waals surface area contributed by atoms with Crippen molar-refractivity contribution in [2.45, 2.75) is 44.8 Å². The highest BCUT2D eigenvalue weighted by molar-refractivity contribution is 6.42. The largest absolute Gasteiger partial charge is 0.493 e. The van der Waals surface area contributed by atoms with Crippen LogP contribution >= 0.6 is 23.2 Å². The molecule has 1 atom stereocenters. The van der Waals surface area contributed by atoms with E-state index in [1.807, 2.05) is 66.7 Å². The minimum atomic E-state index is -0.870. The van der Waals surface area contributed by atoms with E-state index in [1.165, 1.54) is 0 Å². The van der Waals surface area contributed by atoms with Gasteiger partial charge in [0.2, 0.25) is 17.5 Å². The van der Waals surface area contributed by atoms with E-state index in [0.717, 1.165) is 16.7 Å². The zero-order valence-electron chi connectivity index (χ0n) is 22.9. The van der Waals surface area contributed by atoms with Crippen LogP contribution in [0.5, 0.6) is 5.75 Å². The van der Waals surface area contributed by atoms with Gasteiger partial charge in [-0.05, 0) is 66.8 Å². The van der Waals surface area contributed by atoms with Crippen LogP contribution in [0, 0.1) is 0 Å². The van der Waals surface area contributed by atoms with E-state index in [9.17, 15) is 9.59 Å². The Morgan fingerprint density at radius 1 is 0.929 bits per heavy atom. The predicted molar refractivity (Wildman–Crippen MR) is 160 cm³/mol. The Bertz CT molecular complexity index is 1450. The molecule has 11 heteroatoms. The van der Waals surface area contributed by atoms with Crippen LogP contribution in [0.2, 0.25) is 10.0 Å². The highest BCUT2D eigenvalue weighted by Crippen LogP contribution is 2.23. The van der Waals surface area contributed by atoms with Crippen LogP contribution < -0.4 is 15.8 Å². The molecule has 1 heterocycles. The van der Waals surface area contributed by atoms with E-state index in [4.69, 9.17) is 42.9 Å². The van der Waals surface area contributed by atoms with E-state index in [-0.39, 0.29) is 18.3 Å². The van der Waals surface area contributed by atoms with Crippen molar-refractivity contribution in [3.63, 3.8) is 0 Å². The fourth-order valence-corrected chi connectivity index (χ4v) is 4.43. The summed E-state index contributed by atoms with van der Waals surface area (Å²) in [5.74, 6) is 0.433. The Hall–Kier alpha value is -3.92. The van der Waals surface area contributed by atoms with Crippen molar-refractivity contribution in [3.8, 4) is 5.75 Å². The van der Waals surface area contributed by atoms with Gasteiger partial charge in [-0.15, -0.1) is 0 Å². The molecule has 0 unspecified atom stereocenters. The first-order valence-electron chi connectivity index (χ1n) is 13.6. The topological polar surface area (TPSA) is 130 Å². The molecule has 0 bridgehead atoms. The molecule has 0 radical (unpaired) electrons. The molecular formula is C31H32Cl2N4O5. The summed E-state index contributed by atoms with van der Waals surface area (Å²) in [4.78, 5) is 29.9. The van der Waals surface area contributed by atoms with E-state index in [1.54, 1.807) is 6.07 Å². The second-order valence-electron chi connectivity index (χ2n) is 9.59. The minimum Gasteiger partial charge on any atom is -0.493 e. The summed E-state index contributed by atoms with van der Waals surface area (Å²) < 4.78 is 16.5. The smallest absolute Gasteiger partial charge is 0.408 e. The molecule has 0 aliphatic carbocycles. The average molecular weight is 612 g/mol. The fourth-order valence-electron chi connectivity index (χ4n) is 4.11. The molecule has 220 valence electrons. The second kappa shape index (κ2) is 15.9. The van der Waals surface area contributed by atoms with Crippen molar-refractivity contribution in [1.82, 2.24) is 15.5 Å². The van der Waals surface area contributed by atoms with Gasteiger partial charge in [0.25, 0.3) is 0 Å². The Kier molecular flexibility index (Phi) is 11.8. The van der Waals surface area contributed by atoms with Crippen molar-refractivity contribution >= 4 is 35.1 Å². The first-order chi connectivity index (χ1) is 20.4. The van der Waals surface area contributed by atoms with Gasteiger partial charge in [-0.3, -0.25) is 4.79 Å². The predicted octanol–water partition coefficient (Wildman–Crippen LogP) is 6.20. The molecule has 0 aliphatic heterocycles. The standard InChI is InChI=1S/C31H32Cl2N4O5/c32-25-14-11-22(18-26(25)33)15-17-40-24-12-9-21(10-13-24)19-28-36-30(37-42-28)29(38)27(8-4-5-16-34)35-31(39)41-20-23-6-2-1-3-7-23/h1-3,6-7,9-14,18,27H,4-5,8,15-17,19-20,34H2,(H,35,39)/t27-/m0/s1. The number of unbranched alkanes of at least 4 members (excludes halogenated alkanes) is 1. The Labute approximate surface area is 254 Å². The lowest BCUT2D eigenvalue weighted by Crippen LogP contribution is -2.41. The van der Waals surface area contributed by atoms with Crippen molar-refractivity contribution in [2.24, 2.45) is 5.73 Å². The number of aromatic nitrogens is 2. The maximum absolute atomic E-state index is 13.2. The second-order valence-corrected chi connectivity index (χ2v) is 10.4. The zero-order valence-corrected chi connectivity index (χ0v) is 24.4. The van der Waals surface area contributed by atoms with Crippen molar-refractivity contribution in [2.75, 3.05) is 13.2 Å². The number of Topliss-reactive ketones (excluding diaryl/α,β-unsaturated/α-hetero) is 1. The Balaban J connectivity index is 1.29. The van der Waals surface area contributed by atoms with E-state index in [2.05, 4.69) is 15.5 Å². The monoisotopic (exact) mass is 610 g/mol. The number of nitrogens with one attached hydrogen (secondary N) is 1. The molecule has 1 aromatic heterocycles. The molecule has 3 N–H and O–H groups in total. The number of hydrogen-bond acceptors (Lipinski definition) is 8. The van der Waals surface area contributed by atoms with Crippen molar-refractivity contribution < 1.29 is 23.6 Å². The molecule has 3 aromatic carbocycles. The summed E-state index contributed by atoms with van der Waals surface area (Å²) in [5.41, 5.74) is 8.37. The summed E-state index contributed by atoms with van der Waals surface area (Å²) in [5, 5.41) is 7.55. The highest BCUT2D eigenvalue weighted by Gasteiger charge is 2.27. The van der Waals surface area contributed by atoms with Crippen molar-refractivity contribution in [3.05, 3.63) is 111 Å². The number of ether oxygens (including phenoxy) is 2. The van der Waals surface area contributed by atoms with Crippen LogP contribution in [0.3, 0.4) is 0 Å². The summed E-state index contributed by atoms with van der Waals surface area (Å²) in [7, 11) is 0. The molecule has 42 heavy (non-hydrogen) atoms. The van der Waals surface area contributed by atoms with Gasteiger partial charge in [0.15, 0.2) is 0 Å². The van der Waals surface area contributed by atoms with Crippen LogP contribution in [0.4, 0.5) is 4.79 Å². The maximum Gasteiger partial charge on any atom is 0.408 e. The molecule has 0 spiro atoms. The molecule has 9 nitrogen and oxygen atoms in total. The van der Waals surface area contributed by atoms with Gasteiger partial charge in [-0.25, -0.2) is 4.79 Å². The first-order valence-corrected chi connectivity index (χ1v) is 14.4. The van der Waals surface area contributed by atoms with E-state index < -0.39 is 17.9 Å². The lowest BCUT2D eigenvalue weighted by Gasteiger charge is -2.16. The number of hydrogen-bond donors (Lipinski definition) is 2. The van der Waals surface area contributed by atoms with Gasteiger partial charge >= 0.3 is 6.09 Å². The van der Waals surface area contributed by atoms with Gasteiger partial charge in [-0.2, -0.15) is 4.98 Å². The number of rotatable bonds is 15. The van der Waals surface area contributed by atoms with Crippen molar-refractivity contribution in [1.29, 1.82) is 0 Å². The highest BCUT2D eigenvalue weighted by atomic mass is 35.5. The number of halogens is 2. The van der Waals surface area contributed by atoms with Gasteiger partial charge in [0.05, 0.1) is 29.1 Å². The van der Waals surface area contributed by atoms with Crippen LogP contribution in [-0.2, 0) is 24.2 Å². The zero-order chi connectivity index (χ0) is 29.7. The lowest BCUT2D eigenvalue weighted by molar-refractivity contribution is 0.0896. The third-order valence-corrected chi connectivity index (χ3v) is 7.12. The average Bonchev–Trinajstić information content (AvgIpc) is 3.47. The summed E-state index contributed by atoms with van der Waals surface area (Å²) in [6, 6.07) is 21.4. The molecule has 0 saturated heterocycles. The van der Waals surface area contributed by atoms with Crippen LogP contribution in [-0.4, -0.2) is 41.2 Å². The van der Waals surface area contributed by atoms with Gasteiger partial charge in [-0.1, -0.05) is 76.9 Å². The number of nitrogens with two attached hydrogens (primary N) is 1. The quantitative estimate of drug-likeness (QED) is 0.120. The third kappa shape index (κ3) is 9.58. The third-order valence-electron chi connectivity index (χ3n) is 6.38. The molecule has 0 aliphatic rings. The molecule has 4 rings (SSSR count). The number of carbonyl (C=O) groups excluding carboxylic acids is 2.